The van der Waals surface area contributed by atoms with Crippen molar-refractivity contribution in [1.29, 1.82) is 0 Å². The first-order chi connectivity index (χ1) is 16.6. The highest BCUT2D eigenvalue weighted by Gasteiger charge is 2.32. The van der Waals surface area contributed by atoms with Gasteiger partial charge in [-0.25, -0.2) is 19.3 Å². The predicted molar refractivity (Wildman–Crippen MR) is 122 cm³/mol. The first kappa shape index (κ1) is 20.7. The largest absolute Gasteiger partial charge is 0.473 e. The van der Waals surface area contributed by atoms with E-state index in [1.54, 1.807) is 23.0 Å². The number of hydrogen-bond donors (Lipinski definition) is 3. The molecule has 5 heterocycles. The lowest BCUT2D eigenvalue weighted by molar-refractivity contribution is 0.0782. The molecule has 34 heavy (non-hydrogen) atoms. The fourth-order valence-electron chi connectivity index (χ4n) is 4.82. The van der Waals surface area contributed by atoms with Gasteiger partial charge in [-0.15, -0.1) is 5.10 Å². The van der Waals surface area contributed by atoms with Crippen molar-refractivity contribution in [2.24, 2.45) is 0 Å². The molecule has 6 rings (SSSR count). The average molecular weight is 464 g/mol. The van der Waals surface area contributed by atoms with Crippen molar-refractivity contribution in [2.75, 3.05) is 18.1 Å². The molecule has 11 nitrogen and oxygen atoms in total. The van der Waals surface area contributed by atoms with Crippen molar-refractivity contribution in [3.05, 3.63) is 36.7 Å². The first-order valence-electron chi connectivity index (χ1n) is 11.4. The quantitative estimate of drug-likeness (QED) is 0.393. The van der Waals surface area contributed by atoms with Crippen molar-refractivity contribution >= 4 is 28.5 Å². The van der Waals surface area contributed by atoms with Crippen LogP contribution >= 0.6 is 0 Å². The summed E-state index contributed by atoms with van der Waals surface area (Å²) < 4.78 is 13.8. The number of fused-ring (bicyclic) bond motifs is 2. The van der Waals surface area contributed by atoms with Crippen LogP contribution < -0.4 is 15.0 Å². The molecule has 1 atom stereocenters. The number of carboxylic acid groups (broad SMARTS) is 1. The van der Waals surface area contributed by atoms with Crippen LogP contribution in [-0.2, 0) is 0 Å². The van der Waals surface area contributed by atoms with Crippen LogP contribution in [0.4, 0.5) is 10.6 Å². The summed E-state index contributed by atoms with van der Waals surface area (Å²) in [4.78, 5) is 21.9. The molecule has 0 radical (unpaired) electrons. The summed E-state index contributed by atoms with van der Waals surface area (Å²) in [6.45, 7) is 0.941. The fraction of sp³-hybridized carbons (Fsp3) is 0.391. The molecule has 4 aromatic heterocycles. The van der Waals surface area contributed by atoms with Crippen LogP contribution in [0.15, 0.2) is 41.1 Å². The summed E-state index contributed by atoms with van der Waals surface area (Å²) in [7, 11) is 0. The van der Waals surface area contributed by atoms with Crippen LogP contribution in [0.25, 0.3) is 28.1 Å². The fourth-order valence-corrected chi connectivity index (χ4v) is 4.82. The van der Waals surface area contributed by atoms with E-state index < -0.39 is 6.09 Å². The van der Waals surface area contributed by atoms with Gasteiger partial charge >= 0.3 is 6.09 Å². The van der Waals surface area contributed by atoms with Gasteiger partial charge in [0.1, 0.15) is 23.2 Å². The van der Waals surface area contributed by atoms with Crippen LogP contribution in [0.3, 0.4) is 0 Å². The number of furan rings is 1. The van der Waals surface area contributed by atoms with E-state index in [4.69, 9.17) is 14.3 Å². The molecule has 0 aromatic carbocycles. The molecule has 2 fully saturated rings. The summed E-state index contributed by atoms with van der Waals surface area (Å²) in [5, 5.41) is 26.5. The first-order valence-corrected chi connectivity index (χ1v) is 11.4. The van der Waals surface area contributed by atoms with Crippen LogP contribution in [0.2, 0.25) is 0 Å². The SMILES string of the molecule is O=C(O)NC1CC(Oc2ccc3ncc(-c4cc5c(N6CCC[C@@H]6CO)nccc5o4)n3n2)C1. The van der Waals surface area contributed by atoms with Gasteiger partial charge < -0.3 is 29.6 Å². The summed E-state index contributed by atoms with van der Waals surface area (Å²) in [6, 6.07) is 7.32. The van der Waals surface area contributed by atoms with Gasteiger partial charge in [-0.2, -0.15) is 0 Å². The average Bonchev–Trinajstić information content (AvgIpc) is 3.53. The van der Waals surface area contributed by atoms with E-state index in [2.05, 4.69) is 25.3 Å². The monoisotopic (exact) mass is 464 g/mol. The highest BCUT2D eigenvalue weighted by Crippen LogP contribution is 2.35. The zero-order valence-electron chi connectivity index (χ0n) is 18.3. The lowest BCUT2D eigenvalue weighted by atomic mass is 9.89. The Morgan fingerprint density at radius 2 is 2.15 bits per heavy atom. The number of aromatic nitrogens is 4. The molecule has 0 spiro atoms. The molecule has 2 aliphatic rings. The molecule has 1 aliphatic carbocycles. The molecule has 1 amide bonds. The van der Waals surface area contributed by atoms with Crippen LogP contribution in [0.5, 0.6) is 5.88 Å². The third kappa shape index (κ3) is 3.58. The summed E-state index contributed by atoms with van der Waals surface area (Å²) in [5.41, 5.74) is 2.04. The second-order valence-corrected chi connectivity index (χ2v) is 8.77. The Balaban J connectivity index is 1.29. The standard InChI is InChI=1S/C23H24N6O5/c30-12-14-2-1-7-28(14)22-16-10-19(34-18(16)5-6-24-22)17-11-25-20-3-4-21(27-29(17)20)33-15-8-13(9-15)26-23(31)32/h3-6,10-11,13-15,26,30H,1-2,7-9,12H2,(H,31,32)/t13?,14-,15?/m1/s1. The molecule has 0 unspecified atom stereocenters. The topological polar surface area (TPSA) is 138 Å². The minimum absolute atomic E-state index is 0.0606. The Labute approximate surface area is 194 Å². The number of nitrogens with zero attached hydrogens (tertiary/aromatic N) is 5. The zero-order valence-corrected chi connectivity index (χ0v) is 18.3. The second-order valence-electron chi connectivity index (χ2n) is 8.77. The number of nitrogens with one attached hydrogen (secondary N) is 1. The molecule has 1 saturated heterocycles. The maximum absolute atomic E-state index is 10.7. The van der Waals surface area contributed by atoms with Gasteiger partial charge in [-0.1, -0.05) is 0 Å². The Hall–Kier alpha value is -3.86. The van der Waals surface area contributed by atoms with Crippen molar-refractivity contribution in [2.45, 2.75) is 43.9 Å². The van der Waals surface area contributed by atoms with Crippen LogP contribution in [0, 0.1) is 0 Å². The van der Waals surface area contributed by atoms with Crippen molar-refractivity contribution in [3.8, 4) is 17.3 Å². The van der Waals surface area contributed by atoms with E-state index >= 15 is 0 Å². The Kier molecular flexibility index (Phi) is 4.98. The van der Waals surface area contributed by atoms with Gasteiger partial charge in [0.25, 0.3) is 0 Å². The lowest BCUT2D eigenvalue weighted by Gasteiger charge is -2.34. The van der Waals surface area contributed by atoms with Gasteiger partial charge in [0.2, 0.25) is 5.88 Å². The van der Waals surface area contributed by atoms with Crippen molar-refractivity contribution in [3.63, 3.8) is 0 Å². The molecule has 4 aromatic rings. The molecule has 1 saturated carbocycles. The van der Waals surface area contributed by atoms with Gasteiger partial charge in [-0.05, 0) is 31.0 Å². The third-order valence-corrected chi connectivity index (χ3v) is 6.58. The molecule has 1 aliphatic heterocycles. The van der Waals surface area contributed by atoms with Gasteiger partial charge in [0.15, 0.2) is 11.4 Å². The molecule has 0 bridgehead atoms. The minimum Gasteiger partial charge on any atom is -0.473 e. The number of imidazole rings is 1. The third-order valence-electron chi connectivity index (χ3n) is 6.58. The van der Waals surface area contributed by atoms with Crippen molar-refractivity contribution in [1.82, 2.24) is 24.9 Å². The molecular formula is C23H24N6O5. The van der Waals surface area contributed by atoms with E-state index in [0.717, 1.165) is 30.6 Å². The summed E-state index contributed by atoms with van der Waals surface area (Å²) in [6.07, 6.45) is 5.48. The number of amides is 1. The lowest BCUT2D eigenvalue weighted by Crippen LogP contribution is -2.48. The highest BCUT2D eigenvalue weighted by atomic mass is 16.5. The van der Waals surface area contributed by atoms with Crippen LogP contribution in [0.1, 0.15) is 25.7 Å². The Bertz CT molecular complexity index is 1360. The molecule has 3 N–H and O–H groups in total. The maximum atomic E-state index is 10.7. The highest BCUT2D eigenvalue weighted by molar-refractivity contribution is 5.92. The van der Waals surface area contributed by atoms with E-state index in [0.29, 0.717) is 41.4 Å². The maximum Gasteiger partial charge on any atom is 0.404 e. The minimum atomic E-state index is -1.02. The number of ether oxygens (including phenoxy) is 1. The number of aliphatic hydroxyl groups is 1. The van der Waals surface area contributed by atoms with E-state index in [-0.39, 0.29) is 24.8 Å². The zero-order chi connectivity index (χ0) is 23.2. The van der Waals surface area contributed by atoms with E-state index in [1.807, 2.05) is 18.2 Å². The number of carbonyl (C=O) groups is 1. The van der Waals surface area contributed by atoms with Crippen LogP contribution in [-0.4, -0.2) is 67.2 Å². The Morgan fingerprint density at radius 3 is 2.97 bits per heavy atom. The molecule has 176 valence electrons. The summed E-state index contributed by atoms with van der Waals surface area (Å²) >= 11 is 0. The number of anilines is 1. The van der Waals surface area contributed by atoms with Crippen molar-refractivity contribution < 1.29 is 24.2 Å². The number of aliphatic hydroxyl groups excluding tert-OH is 1. The van der Waals surface area contributed by atoms with E-state index in [1.165, 1.54) is 0 Å². The van der Waals surface area contributed by atoms with Gasteiger partial charge in [0.05, 0.1) is 24.2 Å². The smallest absolute Gasteiger partial charge is 0.404 e. The normalized spacial score (nSPS) is 22.3. The van der Waals surface area contributed by atoms with Gasteiger partial charge in [-0.3, -0.25) is 0 Å². The second kappa shape index (κ2) is 8.17. The number of pyridine rings is 1. The van der Waals surface area contributed by atoms with Gasteiger partial charge in [0, 0.05) is 37.7 Å². The predicted octanol–water partition coefficient (Wildman–Crippen LogP) is 2.68. The Morgan fingerprint density at radius 1 is 1.26 bits per heavy atom. The number of rotatable bonds is 6. The summed E-state index contributed by atoms with van der Waals surface area (Å²) in [5.74, 6) is 1.85. The number of hydrogen-bond acceptors (Lipinski definition) is 8. The molecular weight excluding hydrogens is 440 g/mol. The van der Waals surface area contributed by atoms with E-state index in [9.17, 15) is 9.90 Å². The molecule has 11 heteroatoms.